The van der Waals surface area contributed by atoms with Gasteiger partial charge in [0.15, 0.2) is 0 Å². The van der Waals surface area contributed by atoms with Gasteiger partial charge in [-0.3, -0.25) is 15.1 Å². The minimum Gasteiger partial charge on any atom is -0.368 e. The van der Waals surface area contributed by atoms with E-state index in [0.29, 0.717) is 25.1 Å². The molecule has 0 fully saturated rings. The van der Waals surface area contributed by atoms with Crippen molar-refractivity contribution in [3.63, 3.8) is 0 Å². The molecule has 1 unspecified atom stereocenters. The van der Waals surface area contributed by atoms with Gasteiger partial charge >= 0.3 is 0 Å². The van der Waals surface area contributed by atoms with E-state index in [1.807, 2.05) is 0 Å². The summed E-state index contributed by atoms with van der Waals surface area (Å²) in [7, 11) is 0. The quantitative estimate of drug-likeness (QED) is 0.325. The summed E-state index contributed by atoms with van der Waals surface area (Å²) in [6.45, 7) is 2.61. The first-order chi connectivity index (χ1) is 8.61. The molecule has 0 bridgehead atoms. The monoisotopic (exact) mass is 248 g/mol. The predicted octanol–water partition coefficient (Wildman–Crippen LogP) is 1.07. The van der Waals surface area contributed by atoms with E-state index in [4.69, 9.17) is 11.3 Å². The lowest BCUT2D eigenvalue weighted by Gasteiger charge is -2.27. The topological polar surface area (TPSA) is 117 Å². The minimum atomic E-state index is -0.968. The second-order valence-corrected chi connectivity index (χ2v) is 3.97. The van der Waals surface area contributed by atoms with E-state index in [1.54, 1.807) is 31.5 Å². The third kappa shape index (κ3) is 3.44. The van der Waals surface area contributed by atoms with Crippen molar-refractivity contribution in [2.24, 2.45) is 10.8 Å². The molecule has 0 spiro atoms. The molecule has 1 aromatic heterocycles. The number of hydrogen-bond acceptors (Lipinski definition) is 4. The number of aromatic nitrogens is 1. The van der Waals surface area contributed by atoms with Crippen LogP contribution in [0.4, 0.5) is 0 Å². The molecule has 0 saturated heterocycles. The summed E-state index contributed by atoms with van der Waals surface area (Å²) in [5.41, 5.74) is 13.3. The van der Waals surface area contributed by atoms with E-state index >= 15 is 0 Å². The van der Waals surface area contributed by atoms with E-state index in [2.05, 4.69) is 20.3 Å². The van der Waals surface area contributed by atoms with E-state index in [0.717, 1.165) is 0 Å². The fourth-order valence-corrected chi connectivity index (χ4v) is 1.52. The smallest absolute Gasteiger partial charge is 0.242 e. The Balaban J connectivity index is 2.70. The number of pyridine rings is 1. The first-order valence-corrected chi connectivity index (χ1v) is 5.57. The molecular weight excluding hydrogens is 232 g/mol. The Morgan fingerprint density at radius 1 is 1.72 bits per heavy atom. The standard InChI is InChI=1S/C11H16N6O/c1-11(10(12)18,9-4-2-5-14-8-9)15-6-3-7-16-17-13/h2,4-5,8,15H,3,6-7H2,1H3,(H2,12,18). The maximum absolute atomic E-state index is 11.6. The normalized spacial score (nSPS) is 13.4. The van der Waals surface area contributed by atoms with Gasteiger partial charge in [0.25, 0.3) is 0 Å². The number of primary amides is 1. The Morgan fingerprint density at radius 2 is 2.50 bits per heavy atom. The molecule has 0 aliphatic rings. The Bertz CT molecular complexity index is 442. The van der Waals surface area contributed by atoms with Crippen LogP contribution in [0.2, 0.25) is 0 Å². The van der Waals surface area contributed by atoms with Crippen LogP contribution in [0.1, 0.15) is 18.9 Å². The van der Waals surface area contributed by atoms with Gasteiger partial charge in [-0.1, -0.05) is 11.2 Å². The van der Waals surface area contributed by atoms with Gasteiger partial charge in [-0.25, -0.2) is 0 Å². The van der Waals surface area contributed by atoms with Gasteiger partial charge < -0.3 is 5.73 Å². The molecule has 1 aromatic rings. The first kappa shape index (κ1) is 14.0. The molecule has 0 aromatic carbocycles. The largest absolute Gasteiger partial charge is 0.368 e. The van der Waals surface area contributed by atoms with Crippen molar-refractivity contribution in [3.8, 4) is 0 Å². The summed E-state index contributed by atoms with van der Waals surface area (Å²) >= 11 is 0. The van der Waals surface area contributed by atoms with Crippen molar-refractivity contribution >= 4 is 5.91 Å². The van der Waals surface area contributed by atoms with Gasteiger partial charge in [0.2, 0.25) is 5.91 Å². The number of carbonyl (C=O) groups is 1. The van der Waals surface area contributed by atoms with Crippen LogP contribution in [-0.2, 0) is 10.3 Å². The molecular formula is C11H16N6O. The van der Waals surface area contributed by atoms with Crippen LogP contribution >= 0.6 is 0 Å². The highest BCUT2D eigenvalue weighted by Gasteiger charge is 2.32. The molecule has 96 valence electrons. The summed E-state index contributed by atoms with van der Waals surface area (Å²) in [4.78, 5) is 18.2. The fourth-order valence-electron chi connectivity index (χ4n) is 1.52. The highest BCUT2D eigenvalue weighted by molar-refractivity contribution is 5.85. The highest BCUT2D eigenvalue weighted by Crippen LogP contribution is 2.19. The van der Waals surface area contributed by atoms with Gasteiger partial charge in [0.1, 0.15) is 5.54 Å². The number of nitrogens with one attached hydrogen (secondary N) is 1. The van der Waals surface area contributed by atoms with Crippen molar-refractivity contribution < 1.29 is 4.79 Å². The molecule has 0 aliphatic heterocycles. The molecule has 1 heterocycles. The second-order valence-electron chi connectivity index (χ2n) is 3.97. The van der Waals surface area contributed by atoms with Crippen LogP contribution in [0.25, 0.3) is 10.4 Å². The van der Waals surface area contributed by atoms with Crippen molar-refractivity contribution in [1.82, 2.24) is 10.3 Å². The number of rotatable bonds is 7. The van der Waals surface area contributed by atoms with Gasteiger partial charge in [-0.15, -0.1) is 0 Å². The number of hydrogen-bond donors (Lipinski definition) is 2. The summed E-state index contributed by atoms with van der Waals surface area (Å²) < 4.78 is 0. The Labute approximate surface area is 105 Å². The third-order valence-corrected chi connectivity index (χ3v) is 2.71. The van der Waals surface area contributed by atoms with E-state index in [9.17, 15) is 4.79 Å². The third-order valence-electron chi connectivity index (χ3n) is 2.71. The lowest BCUT2D eigenvalue weighted by molar-refractivity contribution is -0.124. The highest BCUT2D eigenvalue weighted by atomic mass is 16.1. The van der Waals surface area contributed by atoms with Gasteiger partial charge in [0.05, 0.1) is 0 Å². The molecule has 1 atom stereocenters. The average molecular weight is 248 g/mol. The van der Waals surface area contributed by atoms with Crippen LogP contribution in [0.5, 0.6) is 0 Å². The summed E-state index contributed by atoms with van der Waals surface area (Å²) in [6.07, 6.45) is 3.87. The van der Waals surface area contributed by atoms with Gasteiger partial charge in [-0.2, -0.15) is 0 Å². The lowest BCUT2D eigenvalue weighted by atomic mass is 9.92. The lowest BCUT2D eigenvalue weighted by Crippen LogP contribution is -2.50. The molecule has 3 N–H and O–H groups in total. The van der Waals surface area contributed by atoms with E-state index < -0.39 is 11.4 Å². The van der Waals surface area contributed by atoms with Crippen LogP contribution in [0.15, 0.2) is 29.6 Å². The average Bonchev–Trinajstić information content (AvgIpc) is 2.39. The van der Waals surface area contributed by atoms with Crippen molar-refractivity contribution in [3.05, 3.63) is 40.5 Å². The molecule has 0 saturated carbocycles. The molecule has 18 heavy (non-hydrogen) atoms. The molecule has 1 amide bonds. The van der Waals surface area contributed by atoms with Crippen molar-refractivity contribution in [2.75, 3.05) is 13.1 Å². The summed E-state index contributed by atoms with van der Waals surface area (Å²) in [5.74, 6) is -0.473. The molecule has 1 rings (SSSR count). The SMILES string of the molecule is CC(NCCCN=[N+]=[N-])(C(N)=O)c1cccnc1. The Morgan fingerprint density at radius 3 is 3.06 bits per heavy atom. The van der Waals surface area contributed by atoms with Crippen LogP contribution in [-0.4, -0.2) is 24.0 Å². The minimum absolute atomic E-state index is 0.380. The predicted molar refractivity (Wildman–Crippen MR) is 67.4 cm³/mol. The number of azide groups is 1. The molecule has 7 nitrogen and oxygen atoms in total. The van der Waals surface area contributed by atoms with Crippen LogP contribution in [0, 0.1) is 0 Å². The van der Waals surface area contributed by atoms with Crippen molar-refractivity contribution in [2.45, 2.75) is 18.9 Å². The first-order valence-electron chi connectivity index (χ1n) is 5.57. The van der Waals surface area contributed by atoms with E-state index in [1.165, 1.54) is 0 Å². The molecule has 0 radical (unpaired) electrons. The fraction of sp³-hybridized carbons (Fsp3) is 0.455. The number of amides is 1. The van der Waals surface area contributed by atoms with E-state index in [-0.39, 0.29) is 0 Å². The number of carbonyl (C=O) groups excluding carboxylic acids is 1. The van der Waals surface area contributed by atoms with Gasteiger partial charge in [0, 0.05) is 23.9 Å². The second kappa shape index (κ2) is 6.58. The number of nitrogens with zero attached hydrogens (tertiary/aromatic N) is 4. The van der Waals surface area contributed by atoms with Crippen LogP contribution < -0.4 is 11.1 Å². The maximum Gasteiger partial charge on any atom is 0.242 e. The molecule has 7 heteroatoms. The maximum atomic E-state index is 11.6. The Kier molecular flexibility index (Phi) is 5.10. The zero-order valence-electron chi connectivity index (χ0n) is 10.2. The Hall–Kier alpha value is -2.11. The number of nitrogens with two attached hydrogens (primary N) is 1. The van der Waals surface area contributed by atoms with Crippen molar-refractivity contribution in [1.29, 1.82) is 0 Å². The van der Waals surface area contributed by atoms with Gasteiger partial charge in [-0.05, 0) is 37.1 Å². The zero-order chi connectivity index (χ0) is 13.4. The summed E-state index contributed by atoms with van der Waals surface area (Å²) in [6, 6.07) is 3.54. The zero-order valence-corrected chi connectivity index (χ0v) is 10.2. The molecule has 0 aliphatic carbocycles. The summed E-state index contributed by atoms with van der Waals surface area (Å²) in [5, 5.41) is 6.49. The van der Waals surface area contributed by atoms with Crippen LogP contribution in [0.3, 0.4) is 0 Å².